The first-order valence-electron chi connectivity index (χ1n) is 8.80. The third kappa shape index (κ3) is 2.64. The topological polar surface area (TPSA) is 57.6 Å². The van der Waals surface area contributed by atoms with Gasteiger partial charge in [-0.05, 0) is 25.1 Å². The molecule has 0 unspecified atom stereocenters. The molecule has 5 heteroatoms. The predicted molar refractivity (Wildman–Crippen MR) is 101 cm³/mol. The number of nitrogens with zero attached hydrogens (tertiary/aromatic N) is 1. The zero-order valence-corrected chi connectivity index (χ0v) is 15.7. The first-order chi connectivity index (χ1) is 12.3. The lowest BCUT2D eigenvalue weighted by atomic mass is 10.0. The van der Waals surface area contributed by atoms with Gasteiger partial charge >= 0.3 is 0 Å². The van der Waals surface area contributed by atoms with Crippen molar-refractivity contribution < 1.29 is 13.5 Å². The molecular formula is C21H22NO3S+. The van der Waals surface area contributed by atoms with Crippen molar-refractivity contribution in [2.24, 2.45) is 17.3 Å². The van der Waals surface area contributed by atoms with E-state index in [1.165, 1.54) is 0 Å². The quantitative estimate of drug-likeness (QED) is 0.841. The number of fused-ring (bicyclic) bond motifs is 1. The van der Waals surface area contributed by atoms with Crippen LogP contribution in [0.5, 0.6) is 5.75 Å². The van der Waals surface area contributed by atoms with Crippen LogP contribution in [-0.2, 0) is 10.0 Å². The summed E-state index contributed by atoms with van der Waals surface area (Å²) in [4.78, 5) is 0.344. The number of phenols is 1. The summed E-state index contributed by atoms with van der Waals surface area (Å²) in [5.74, 6) is 0.891. The van der Waals surface area contributed by atoms with E-state index < -0.39 is 10.0 Å². The van der Waals surface area contributed by atoms with E-state index in [1.54, 1.807) is 34.6 Å². The second kappa shape index (κ2) is 5.92. The third-order valence-electron chi connectivity index (χ3n) is 5.90. The second-order valence-corrected chi connectivity index (χ2v) is 9.33. The van der Waals surface area contributed by atoms with Gasteiger partial charge in [-0.2, -0.15) is 4.31 Å². The van der Waals surface area contributed by atoms with Crippen LogP contribution in [0, 0.1) is 30.3 Å². The van der Waals surface area contributed by atoms with Crippen molar-refractivity contribution in [3.8, 4) is 5.75 Å². The molecule has 26 heavy (non-hydrogen) atoms. The number of piperidine rings is 1. The number of rotatable bonds is 4. The van der Waals surface area contributed by atoms with Crippen LogP contribution in [0.4, 0.5) is 0 Å². The lowest BCUT2D eigenvalue weighted by molar-refractivity contribution is 0.395. The van der Waals surface area contributed by atoms with Gasteiger partial charge in [0.1, 0.15) is 5.41 Å². The fourth-order valence-corrected chi connectivity index (χ4v) is 5.55. The van der Waals surface area contributed by atoms with Crippen LogP contribution in [0.1, 0.15) is 18.1 Å². The molecule has 0 radical (unpaired) electrons. The third-order valence-corrected chi connectivity index (χ3v) is 7.72. The lowest BCUT2D eigenvalue weighted by Gasteiger charge is -2.19. The van der Waals surface area contributed by atoms with Crippen molar-refractivity contribution >= 4 is 16.1 Å². The Kier molecular flexibility index (Phi) is 3.92. The van der Waals surface area contributed by atoms with Gasteiger partial charge < -0.3 is 5.11 Å². The average molecular weight is 368 g/mol. The maximum absolute atomic E-state index is 12.9. The van der Waals surface area contributed by atoms with Crippen LogP contribution in [0.25, 0.3) is 6.08 Å². The van der Waals surface area contributed by atoms with Crippen molar-refractivity contribution in [1.82, 2.24) is 4.31 Å². The molecule has 0 bridgehead atoms. The Morgan fingerprint density at radius 3 is 2.58 bits per heavy atom. The van der Waals surface area contributed by atoms with Crippen molar-refractivity contribution in [2.75, 3.05) is 13.1 Å². The van der Waals surface area contributed by atoms with Crippen molar-refractivity contribution in [3.63, 3.8) is 0 Å². The predicted octanol–water partition coefficient (Wildman–Crippen LogP) is 3.47. The van der Waals surface area contributed by atoms with Gasteiger partial charge in [0.25, 0.3) is 0 Å². The van der Waals surface area contributed by atoms with Crippen LogP contribution >= 0.6 is 0 Å². The Morgan fingerprint density at radius 1 is 1.19 bits per heavy atom. The minimum Gasteiger partial charge on any atom is -0.492 e. The van der Waals surface area contributed by atoms with E-state index in [0.717, 1.165) is 5.56 Å². The zero-order chi connectivity index (χ0) is 18.5. The van der Waals surface area contributed by atoms with Gasteiger partial charge in [0.05, 0.1) is 11.0 Å². The molecule has 1 saturated heterocycles. The fraction of sp³-hybridized carbons (Fsp3) is 0.333. The highest BCUT2D eigenvalue weighted by Gasteiger charge is 2.72. The van der Waals surface area contributed by atoms with Gasteiger partial charge in [-0.25, -0.2) is 8.42 Å². The Morgan fingerprint density at radius 2 is 1.88 bits per heavy atom. The number of benzene rings is 2. The maximum atomic E-state index is 12.9. The normalized spacial score (nSPS) is 28.1. The first-order valence-corrected chi connectivity index (χ1v) is 10.2. The molecule has 4 nitrogen and oxygen atoms in total. The van der Waals surface area contributed by atoms with E-state index in [-0.39, 0.29) is 17.1 Å². The number of para-hydroxylation sites is 1. The molecular weight excluding hydrogens is 346 g/mol. The SMILES string of the molecule is Cc1ccc(S(=O)(=O)N2C[C@@H]3[C@@H](C)[C@]3([C+]=Cc3ccccc3O)C2)cc1. The number of aryl methyl sites for hydroxylation is 1. The summed E-state index contributed by atoms with van der Waals surface area (Å²) in [6.45, 7) is 5.06. The highest BCUT2D eigenvalue weighted by molar-refractivity contribution is 7.89. The van der Waals surface area contributed by atoms with Crippen LogP contribution in [-0.4, -0.2) is 30.9 Å². The largest absolute Gasteiger partial charge is 0.492 e. The molecule has 0 spiro atoms. The van der Waals surface area contributed by atoms with Gasteiger partial charge in [0.2, 0.25) is 15.8 Å². The first kappa shape index (κ1) is 17.2. The van der Waals surface area contributed by atoms with Gasteiger partial charge in [-0.1, -0.05) is 30.7 Å². The molecule has 1 saturated carbocycles. The summed E-state index contributed by atoms with van der Waals surface area (Å²) in [5.41, 5.74) is 1.50. The van der Waals surface area contributed by atoms with E-state index >= 15 is 0 Å². The van der Waals surface area contributed by atoms with Crippen LogP contribution < -0.4 is 0 Å². The summed E-state index contributed by atoms with van der Waals surface area (Å²) in [6.07, 6.45) is 5.21. The number of hydrogen-bond donors (Lipinski definition) is 1. The second-order valence-electron chi connectivity index (χ2n) is 7.39. The van der Waals surface area contributed by atoms with E-state index in [4.69, 9.17) is 0 Å². The highest BCUT2D eigenvalue weighted by Crippen LogP contribution is 2.64. The molecule has 1 heterocycles. The molecule has 134 valence electrons. The van der Waals surface area contributed by atoms with E-state index in [0.29, 0.717) is 29.5 Å². The van der Waals surface area contributed by atoms with Gasteiger partial charge in [-0.3, -0.25) is 0 Å². The number of sulfonamides is 1. The van der Waals surface area contributed by atoms with Crippen molar-refractivity contribution in [2.45, 2.75) is 18.7 Å². The molecule has 2 aromatic carbocycles. The standard InChI is InChI=1S/C21H21NO3S/c1-15-7-9-18(10-8-15)26(24,25)22-13-19-16(2)21(19,14-22)12-11-17-5-3-4-6-20(17)23/h3-11,16,19H,13-14H2,1-2H3/p+1/t16-,19-,21+/m1/s1. The Labute approximate surface area is 154 Å². The molecule has 1 aliphatic heterocycles. The van der Waals surface area contributed by atoms with Crippen LogP contribution in [0.2, 0.25) is 0 Å². The lowest BCUT2D eigenvalue weighted by Crippen LogP contribution is -2.33. The smallest absolute Gasteiger partial charge is 0.243 e. The zero-order valence-electron chi connectivity index (χ0n) is 14.9. The minimum atomic E-state index is -3.48. The fourth-order valence-electron chi connectivity index (χ4n) is 4.03. The molecule has 1 N–H and O–H groups in total. The number of aromatic hydroxyl groups is 1. The maximum Gasteiger partial charge on any atom is 0.243 e. The van der Waals surface area contributed by atoms with Crippen LogP contribution in [0.3, 0.4) is 0 Å². The summed E-state index contributed by atoms with van der Waals surface area (Å²) in [6, 6.07) is 14.1. The van der Waals surface area contributed by atoms with Crippen molar-refractivity contribution in [1.29, 1.82) is 0 Å². The summed E-state index contributed by atoms with van der Waals surface area (Å²) >= 11 is 0. The van der Waals surface area contributed by atoms with Gasteiger partial charge in [0.15, 0.2) is 11.6 Å². The van der Waals surface area contributed by atoms with E-state index in [2.05, 4.69) is 13.0 Å². The van der Waals surface area contributed by atoms with E-state index in [1.807, 2.05) is 31.2 Å². The monoisotopic (exact) mass is 368 g/mol. The summed E-state index contributed by atoms with van der Waals surface area (Å²) in [5, 5.41) is 9.92. The number of phenolic OH excluding ortho intramolecular Hbond substituents is 1. The highest BCUT2D eigenvalue weighted by atomic mass is 32.2. The molecule has 2 aliphatic rings. The van der Waals surface area contributed by atoms with Crippen LogP contribution in [0.15, 0.2) is 53.4 Å². The Balaban J connectivity index is 1.57. The molecule has 3 atom stereocenters. The molecule has 1 aliphatic carbocycles. The minimum absolute atomic E-state index is 0.211. The van der Waals surface area contributed by atoms with Gasteiger partial charge in [-0.15, -0.1) is 0 Å². The molecule has 2 aromatic rings. The van der Waals surface area contributed by atoms with E-state index in [9.17, 15) is 13.5 Å². The molecule has 4 rings (SSSR count). The molecule has 0 amide bonds. The molecule has 2 fully saturated rings. The van der Waals surface area contributed by atoms with Gasteiger partial charge in [0, 0.05) is 37.1 Å². The number of hydrogen-bond acceptors (Lipinski definition) is 3. The summed E-state index contributed by atoms with van der Waals surface area (Å²) < 4.78 is 27.5. The average Bonchev–Trinajstić information content (AvgIpc) is 2.98. The Bertz CT molecular complexity index is 965. The van der Waals surface area contributed by atoms with Crippen molar-refractivity contribution in [3.05, 3.63) is 65.7 Å². The summed E-state index contributed by atoms with van der Waals surface area (Å²) in [7, 11) is -3.48. The Hall–Kier alpha value is -2.20. The molecule has 0 aromatic heterocycles.